The van der Waals surface area contributed by atoms with Gasteiger partial charge in [0, 0.05) is 52.4 Å². The lowest BCUT2D eigenvalue weighted by molar-refractivity contribution is 0.162. The molecule has 3 heterocycles. The van der Waals surface area contributed by atoms with Crippen LogP contribution in [0.5, 0.6) is 0 Å². The lowest BCUT2D eigenvalue weighted by Gasteiger charge is -2.37. The van der Waals surface area contributed by atoms with E-state index in [2.05, 4.69) is 58.3 Å². The van der Waals surface area contributed by atoms with E-state index < -0.39 is 0 Å². The number of anilines is 1. The van der Waals surface area contributed by atoms with Crippen LogP contribution in [0.25, 0.3) is 0 Å². The van der Waals surface area contributed by atoms with E-state index in [1.807, 2.05) is 11.3 Å². The van der Waals surface area contributed by atoms with Gasteiger partial charge < -0.3 is 20.0 Å². The molecule has 0 bridgehead atoms. The fourth-order valence-corrected chi connectivity index (χ4v) is 5.00. The van der Waals surface area contributed by atoms with Crippen LogP contribution < -0.4 is 10.2 Å². The summed E-state index contributed by atoms with van der Waals surface area (Å²) in [6.45, 7) is 16.7. The molecule has 1 aromatic rings. The number of likely N-dealkylation sites (tertiary alicyclic amines) is 1. The smallest absolute Gasteiger partial charge is 0.194 e. The molecule has 2 saturated heterocycles. The van der Waals surface area contributed by atoms with Crippen molar-refractivity contribution in [3.05, 3.63) is 17.5 Å². The summed E-state index contributed by atoms with van der Waals surface area (Å²) in [7, 11) is 0. The van der Waals surface area contributed by atoms with Gasteiger partial charge in [-0.3, -0.25) is 4.99 Å². The molecule has 2 fully saturated rings. The monoisotopic (exact) mass is 519 g/mol. The van der Waals surface area contributed by atoms with E-state index in [1.165, 1.54) is 37.5 Å². The highest BCUT2D eigenvalue weighted by Crippen LogP contribution is 2.22. The number of hydrogen-bond acceptors (Lipinski definition) is 4. The van der Waals surface area contributed by atoms with Gasteiger partial charge in [-0.15, -0.1) is 35.3 Å². The molecule has 0 radical (unpaired) electrons. The molecule has 0 spiro atoms. The Kier molecular flexibility index (Phi) is 10.4. The lowest BCUT2D eigenvalue weighted by Crippen LogP contribution is -2.52. The molecule has 1 aromatic heterocycles. The average Bonchev–Trinajstić information content (AvgIpc) is 3.20. The molecule has 0 aliphatic carbocycles. The number of hydrogen-bond donors (Lipinski definition) is 1. The Labute approximate surface area is 192 Å². The number of nitrogens with zero attached hydrogens (tertiary/aromatic N) is 4. The summed E-state index contributed by atoms with van der Waals surface area (Å²) in [5.41, 5.74) is 0. The summed E-state index contributed by atoms with van der Waals surface area (Å²) < 4.78 is 0. The van der Waals surface area contributed by atoms with Gasteiger partial charge in [-0.25, -0.2) is 0 Å². The second kappa shape index (κ2) is 12.2. The molecule has 0 amide bonds. The zero-order valence-electron chi connectivity index (χ0n) is 17.8. The summed E-state index contributed by atoms with van der Waals surface area (Å²) in [5, 5.41) is 7.09. The van der Waals surface area contributed by atoms with E-state index in [9.17, 15) is 0 Å². The van der Waals surface area contributed by atoms with Crippen molar-refractivity contribution in [3.63, 3.8) is 0 Å². The molecule has 28 heavy (non-hydrogen) atoms. The summed E-state index contributed by atoms with van der Waals surface area (Å²) in [6.07, 6.45) is 2.65. The van der Waals surface area contributed by atoms with Gasteiger partial charge in [-0.2, -0.15) is 0 Å². The average molecular weight is 520 g/mol. The minimum atomic E-state index is 0. The first-order valence-electron chi connectivity index (χ1n) is 10.7. The van der Waals surface area contributed by atoms with Crippen molar-refractivity contribution < 1.29 is 0 Å². The fourth-order valence-electron chi connectivity index (χ4n) is 4.21. The minimum absolute atomic E-state index is 0. The maximum atomic E-state index is 5.05. The van der Waals surface area contributed by atoms with Crippen molar-refractivity contribution in [1.82, 2.24) is 15.1 Å². The molecule has 1 unspecified atom stereocenters. The second-order valence-corrected chi connectivity index (χ2v) is 9.21. The van der Waals surface area contributed by atoms with Crippen molar-refractivity contribution in [2.45, 2.75) is 33.6 Å². The first-order chi connectivity index (χ1) is 13.2. The van der Waals surface area contributed by atoms with Gasteiger partial charge >= 0.3 is 0 Å². The number of nitrogens with one attached hydrogen (secondary N) is 1. The number of thiophene rings is 1. The third-order valence-electron chi connectivity index (χ3n) is 5.46. The van der Waals surface area contributed by atoms with Gasteiger partial charge in [0.25, 0.3) is 0 Å². The molecule has 2 aliphatic heterocycles. The molecule has 0 aromatic carbocycles. The highest BCUT2D eigenvalue weighted by Gasteiger charge is 2.23. The van der Waals surface area contributed by atoms with E-state index in [4.69, 9.17) is 4.99 Å². The van der Waals surface area contributed by atoms with Gasteiger partial charge in [-0.05, 0) is 55.7 Å². The van der Waals surface area contributed by atoms with E-state index in [0.29, 0.717) is 5.92 Å². The Morgan fingerprint density at radius 2 is 2.04 bits per heavy atom. The number of piperidine rings is 1. The first kappa shape index (κ1) is 23.7. The van der Waals surface area contributed by atoms with Crippen LogP contribution in [0.15, 0.2) is 22.5 Å². The molecule has 2 aliphatic rings. The quantitative estimate of drug-likeness (QED) is 0.352. The van der Waals surface area contributed by atoms with Crippen molar-refractivity contribution in [1.29, 1.82) is 0 Å². The lowest BCUT2D eigenvalue weighted by atomic mass is 9.97. The zero-order chi connectivity index (χ0) is 19.1. The van der Waals surface area contributed by atoms with Gasteiger partial charge in [0.15, 0.2) is 5.96 Å². The molecule has 3 rings (SSSR count). The van der Waals surface area contributed by atoms with E-state index >= 15 is 0 Å². The van der Waals surface area contributed by atoms with Crippen LogP contribution >= 0.6 is 35.3 Å². The van der Waals surface area contributed by atoms with Gasteiger partial charge in [0.1, 0.15) is 0 Å². The van der Waals surface area contributed by atoms with Crippen LogP contribution in [0.4, 0.5) is 5.00 Å². The topological polar surface area (TPSA) is 34.1 Å². The third kappa shape index (κ3) is 7.06. The maximum absolute atomic E-state index is 5.05. The number of piperazine rings is 1. The number of halogens is 1. The van der Waals surface area contributed by atoms with E-state index in [-0.39, 0.29) is 24.0 Å². The van der Waals surface area contributed by atoms with Gasteiger partial charge in [0.2, 0.25) is 0 Å². The first-order valence-corrected chi connectivity index (χ1v) is 11.6. The molecule has 0 saturated carbocycles. The largest absolute Gasteiger partial charge is 0.360 e. The van der Waals surface area contributed by atoms with Crippen LogP contribution in [-0.4, -0.2) is 74.7 Å². The van der Waals surface area contributed by atoms with Crippen molar-refractivity contribution >= 4 is 46.3 Å². The molecule has 1 N–H and O–H groups in total. The van der Waals surface area contributed by atoms with Gasteiger partial charge in [0.05, 0.1) is 5.00 Å². The SMILES string of the molecule is CCNC(=NCC1CCCN(CC(C)C)C1)N1CCN(c2cccs2)CC1.I. The Hall–Kier alpha value is -0.540. The van der Waals surface area contributed by atoms with Crippen LogP contribution in [0.1, 0.15) is 33.6 Å². The number of rotatable bonds is 6. The Bertz CT molecular complexity index is 569. The summed E-state index contributed by atoms with van der Waals surface area (Å²) in [4.78, 5) is 12.6. The minimum Gasteiger partial charge on any atom is -0.360 e. The maximum Gasteiger partial charge on any atom is 0.194 e. The molecule has 5 nitrogen and oxygen atoms in total. The van der Waals surface area contributed by atoms with Crippen molar-refractivity contribution in [2.24, 2.45) is 16.8 Å². The van der Waals surface area contributed by atoms with Crippen LogP contribution in [0.2, 0.25) is 0 Å². The summed E-state index contributed by atoms with van der Waals surface area (Å²) in [5.74, 6) is 2.58. The number of guanidine groups is 1. The number of aliphatic imine (C=N–C) groups is 1. The highest BCUT2D eigenvalue weighted by molar-refractivity contribution is 14.0. The molecular formula is C21H38IN5S. The summed E-state index contributed by atoms with van der Waals surface area (Å²) >= 11 is 1.84. The fraction of sp³-hybridized carbons (Fsp3) is 0.762. The molecule has 7 heteroatoms. The van der Waals surface area contributed by atoms with Crippen LogP contribution in [0, 0.1) is 11.8 Å². The van der Waals surface area contributed by atoms with E-state index in [1.54, 1.807) is 0 Å². The highest BCUT2D eigenvalue weighted by atomic mass is 127. The predicted octanol–water partition coefficient (Wildman–Crippen LogP) is 3.82. The molecule has 160 valence electrons. The second-order valence-electron chi connectivity index (χ2n) is 8.28. The zero-order valence-corrected chi connectivity index (χ0v) is 20.9. The Morgan fingerprint density at radius 3 is 2.68 bits per heavy atom. The van der Waals surface area contributed by atoms with E-state index in [0.717, 1.165) is 51.1 Å². The molecular weight excluding hydrogens is 481 g/mol. The Balaban J connectivity index is 0.00000280. The normalized spacial score (nSPS) is 21.7. The van der Waals surface area contributed by atoms with Crippen LogP contribution in [-0.2, 0) is 0 Å². The van der Waals surface area contributed by atoms with Gasteiger partial charge in [-0.1, -0.05) is 13.8 Å². The third-order valence-corrected chi connectivity index (χ3v) is 6.39. The predicted molar refractivity (Wildman–Crippen MR) is 134 cm³/mol. The van der Waals surface area contributed by atoms with Crippen LogP contribution in [0.3, 0.4) is 0 Å². The summed E-state index contributed by atoms with van der Waals surface area (Å²) in [6, 6.07) is 4.37. The standard InChI is InChI=1S/C21H37N5S.HI/c1-4-22-21(23-15-19-7-5-9-24(17-19)16-18(2)3)26-12-10-25(11-13-26)20-8-6-14-27-20;/h6,8,14,18-19H,4-5,7,9-13,15-17H2,1-3H3,(H,22,23);1H. The van der Waals surface area contributed by atoms with Crippen molar-refractivity contribution in [3.8, 4) is 0 Å². The van der Waals surface area contributed by atoms with Crippen molar-refractivity contribution in [2.75, 3.05) is 63.8 Å². The Morgan fingerprint density at radius 1 is 1.25 bits per heavy atom. The molecule has 1 atom stereocenters.